The molecule has 1 saturated heterocycles. The minimum atomic E-state index is -0.365. The van der Waals surface area contributed by atoms with Crippen LogP contribution in [0.5, 0.6) is 0 Å². The molecule has 1 aliphatic rings. The molecule has 0 amide bonds. The summed E-state index contributed by atoms with van der Waals surface area (Å²) in [5.74, 6) is -0.365. The molecule has 0 radical (unpaired) electrons. The lowest BCUT2D eigenvalue weighted by Gasteiger charge is -2.36. The van der Waals surface area contributed by atoms with E-state index in [0.717, 1.165) is 25.1 Å². The Morgan fingerprint density at radius 3 is 2.95 bits per heavy atom. The van der Waals surface area contributed by atoms with Gasteiger partial charge >= 0.3 is 5.97 Å². The SMILES string of the molecule is CCOC(=O)c1cccc(NC2CCN(C)C(C)C2)c1N. The van der Waals surface area contributed by atoms with Gasteiger partial charge in [-0.15, -0.1) is 0 Å². The number of rotatable bonds is 4. The third kappa shape index (κ3) is 3.67. The van der Waals surface area contributed by atoms with E-state index in [1.54, 1.807) is 13.0 Å². The highest BCUT2D eigenvalue weighted by Gasteiger charge is 2.23. The molecule has 21 heavy (non-hydrogen) atoms. The molecule has 2 rings (SSSR count). The van der Waals surface area contributed by atoms with E-state index in [1.807, 2.05) is 12.1 Å². The lowest BCUT2D eigenvalue weighted by Crippen LogP contribution is -2.42. The van der Waals surface area contributed by atoms with E-state index in [-0.39, 0.29) is 5.97 Å². The summed E-state index contributed by atoms with van der Waals surface area (Å²) in [5.41, 5.74) is 7.85. The van der Waals surface area contributed by atoms with E-state index in [9.17, 15) is 4.79 Å². The van der Waals surface area contributed by atoms with Crippen LogP contribution in [-0.2, 0) is 4.74 Å². The van der Waals surface area contributed by atoms with Crippen molar-refractivity contribution in [3.63, 3.8) is 0 Å². The fraction of sp³-hybridized carbons (Fsp3) is 0.562. The molecular weight excluding hydrogens is 266 g/mol. The molecule has 0 bridgehead atoms. The third-order valence-corrected chi connectivity index (χ3v) is 4.17. The van der Waals surface area contributed by atoms with E-state index < -0.39 is 0 Å². The van der Waals surface area contributed by atoms with Crippen LogP contribution in [0.25, 0.3) is 0 Å². The first-order chi connectivity index (χ1) is 10.0. The lowest BCUT2D eigenvalue weighted by molar-refractivity contribution is 0.0527. The summed E-state index contributed by atoms with van der Waals surface area (Å²) in [6.07, 6.45) is 2.14. The second kappa shape index (κ2) is 6.80. The van der Waals surface area contributed by atoms with Crippen molar-refractivity contribution in [3.05, 3.63) is 23.8 Å². The van der Waals surface area contributed by atoms with Crippen LogP contribution in [0.3, 0.4) is 0 Å². The molecule has 1 fully saturated rings. The van der Waals surface area contributed by atoms with E-state index in [2.05, 4.69) is 24.2 Å². The number of nitrogens with zero attached hydrogens (tertiary/aromatic N) is 1. The average Bonchev–Trinajstić information content (AvgIpc) is 2.45. The summed E-state index contributed by atoms with van der Waals surface area (Å²) in [7, 11) is 2.15. The van der Waals surface area contributed by atoms with Gasteiger partial charge in [0.2, 0.25) is 0 Å². The number of benzene rings is 1. The highest BCUT2D eigenvalue weighted by atomic mass is 16.5. The Morgan fingerprint density at radius 2 is 2.29 bits per heavy atom. The van der Waals surface area contributed by atoms with Crippen LogP contribution < -0.4 is 11.1 Å². The number of nitrogen functional groups attached to an aromatic ring is 1. The van der Waals surface area contributed by atoms with E-state index in [1.165, 1.54) is 0 Å². The zero-order valence-electron chi connectivity index (χ0n) is 13.1. The van der Waals surface area contributed by atoms with Gasteiger partial charge in [-0.25, -0.2) is 4.79 Å². The number of likely N-dealkylation sites (tertiary alicyclic amines) is 1. The molecule has 0 aromatic heterocycles. The van der Waals surface area contributed by atoms with Crippen LogP contribution in [0.15, 0.2) is 18.2 Å². The molecule has 5 nitrogen and oxygen atoms in total. The zero-order chi connectivity index (χ0) is 15.4. The molecule has 1 aliphatic heterocycles. The van der Waals surface area contributed by atoms with Crippen molar-refractivity contribution < 1.29 is 9.53 Å². The molecule has 1 aromatic rings. The molecule has 0 saturated carbocycles. The van der Waals surface area contributed by atoms with Gasteiger partial charge in [0.25, 0.3) is 0 Å². The lowest BCUT2D eigenvalue weighted by atomic mass is 9.98. The van der Waals surface area contributed by atoms with Crippen LogP contribution in [0.2, 0.25) is 0 Å². The van der Waals surface area contributed by atoms with Gasteiger partial charge in [-0.2, -0.15) is 0 Å². The second-order valence-electron chi connectivity index (χ2n) is 5.68. The topological polar surface area (TPSA) is 67.6 Å². The van der Waals surface area contributed by atoms with Gasteiger partial charge in [0.1, 0.15) is 0 Å². The first-order valence-electron chi connectivity index (χ1n) is 7.55. The Labute approximate surface area is 126 Å². The van der Waals surface area contributed by atoms with Crippen LogP contribution in [0, 0.1) is 0 Å². The monoisotopic (exact) mass is 291 g/mol. The molecule has 116 valence electrons. The standard InChI is InChI=1S/C16H25N3O2/c1-4-21-16(20)13-6-5-7-14(15(13)17)18-12-8-9-19(3)11(2)10-12/h5-7,11-12,18H,4,8-10,17H2,1-3H3. The van der Waals surface area contributed by atoms with Crippen molar-refractivity contribution in [1.82, 2.24) is 4.90 Å². The average molecular weight is 291 g/mol. The summed E-state index contributed by atoms with van der Waals surface area (Å²) in [6, 6.07) is 6.39. The normalized spacial score (nSPS) is 22.8. The van der Waals surface area contributed by atoms with Crippen LogP contribution in [-0.4, -0.2) is 43.2 Å². The largest absolute Gasteiger partial charge is 0.462 e. The first-order valence-corrected chi connectivity index (χ1v) is 7.55. The smallest absolute Gasteiger partial charge is 0.340 e. The molecule has 2 unspecified atom stereocenters. The number of carbonyl (C=O) groups excluding carboxylic acids is 1. The molecular formula is C16H25N3O2. The summed E-state index contributed by atoms with van der Waals surface area (Å²) in [5, 5.41) is 3.48. The second-order valence-corrected chi connectivity index (χ2v) is 5.68. The summed E-state index contributed by atoms with van der Waals surface area (Å²) in [4.78, 5) is 14.2. The van der Waals surface area contributed by atoms with Crippen LogP contribution in [0.4, 0.5) is 11.4 Å². The Bertz CT molecular complexity index is 504. The maximum absolute atomic E-state index is 11.9. The summed E-state index contributed by atoms with van der Waals surface area (Å²) >= 11 is 0. The Hall–Kier alpha value is -1.75. The minimum absolute atomic E-state index is 0.350. The Morgan fingerprint density at radius 1 is 1.52 bits per heavy atom. The maximum atomic E-state index is 11.9. The van der Waals surface area contributed by atoms with Gasteiger partial charge in [0, 0.05) is 18.6 Å². The quantitative estimate of drug-likeness (QED) is 0.658. The number of piperidine rings is 1. The number of para-hydroxylation sites is 1. The number of carbonyl (C=O) groups is 1. The van der Waals surface area contributed by atoms with Crippen molar-refractivity contribution >= 4 is 17.3 Å². The Kier molecular flexibility index (Phi) is 5.07. The van der Waals surface area contributed by atoms with Gasteiger partial charge < -0.3 is 20.7 Å². The number of ether oxygens (including phenoxy) is 1. The van der Waals surface area contributed by atoms with E-state index in [4.69, 9.17) is 10.5 Å². The van der Waals surface area contributed by atoms with Gasteiger partial charge in [0.15, 0.2) is 0 Å². The summed E-state index contributed by atoms with van der Waals surface area (Å²) < 4.78 is 5.03. The van der Waals surface area contributed by atoms with Gasteiger partial charge in [-0.3, -0.25) is 0 Å². The third-order valence-electron chi connectivity index (χ3n) is 4.17. The predicted molar refractivity (Wildman–Crippen MR) is 85.5 cm³/mol. The Balaban J connectivity index is 2.10. The summed E-state index contributed by atoms with van der Waals surface area (Å²) in [6.45, 7) is 5.43. The number of hydrogen-bond acceptors (Lipinski definition) is 5. The number of nitrogens with two attached hydrogens (primary N) is 1. The molecule has 1 aromatic carbocycles. The van der Waals surface area contributed by atoms with Gasteiger partial charge in [0.05, 0.1) is 23.5 Å². The number of esters is 1. The van der Waals surface area contributed by atoms with Crippen LogP contribution in [0.1, 0.15) is 37.0 Å². The number of hydrogen-bond donors (Lipinski definition) is 2. The van der Waals surface area contributed by atoms with Crippen molar-refractivity contribution in [3.8, 4) is 0 Å². The molecule has 3 N–H and O–H groups in total. The van der Waals surface area contributed by atoms with Gasteiger partial charge in [-0.05, 0) is 45.9 Å². The number of anilines is 2. The fourth-order valence-corrected chi connectivity index (χ4v) is 2.72. The van der Waals surface area contributed by atoms with Crippen molar-refractivity contribution in [1.29, 1.82) is 0 Å². The molecule has 1 heterocycles. The van der Waals surface area contributed by atoms with Crippen molar-refractivity contribution in [2.24, 2.45) is 0 Å². The predicted octanol–water partition coefficient (Wildman–Crippen LogP) is 2.34. The molecule has 2 atom stereocenters. The van der Waals surface area contributed by atoms with E-state index >= 15 is 0 Å². The minimum Gasteiger partial charge on any atom is -0.462 e. The van der Waals surface area contributed by atoms with E-state index in [0.29, 0.717) is 29.9 Å². The van der Waals surface area contributed by atoms with Gasteiger partial charge in [-0.1, -0.05) is 6.07 Å². The van der Waals surface area contributed by atoms with Crippen molar-refractivity contribution in [2.45, 2.75) is 38.8 Å². The zero-order valence-corrected chi connectivity index (χ0v) is 13.1. The molecule has 5 heteroatoms. The maximum Gasteiger partial charge on any atom is 0.340 e. The fourth-order valence-electron chi connectivity index (χ4n) is 2.72. The van der Waals surface area contributed by atoms with Crippen LogP contribution >= 0.6 is 0 Å². The highest BCUT2D eigenvalue weighted by molar-refractivity contribution is 5.98. The molecule has 0 spiro atoms. The highest BCUT2D eigenvalue weighted by Crippen LogP contribution is 2.27. The first kappa shape index (κ1) is 15.6. The number of nitrogens with one attached hydrogen (secondary N) is 1. The molecule has 0 aliphatic carbocycles. The van der Waals surface area contributed by atoms with Crippen molar-refractivity contribution in [2.75, 3.05) is 31.2 Å².